The van der Waals surface area contributed by atoms with Gasteiger partial charge in [0.25, 0.3) is 0 Å². The average molecular weight is 343 g/mol. The van der Waals surface area contributed by atoms with Crippen LogP contribution in [-0.4, -0.2) is 23.9 Å². The SMILES string of the molecule is Cc1cc(C)cc(C2CCCN2CC(=O)NC(C)c2cccs2)c1. The lowest BCUT2D eigenvalue weighted by Crippen LogP contribution is -2.37. The quantitative estimate of drug-likeness (QED) is 0.874. The summed E-state index contributed by atoms with van der Waals surface area (Å²) in [6, 6.07) is 11.3. The first-order chi connectivity index (χ1) is 11.5. The van der Waals surface area contributed by atoms with Crippen LogP contribution in [0.4, 0.5) is 0 Å². The molecule has 24 heavy (non-hydrogen) atoms. The monoisotopic (exact) mass is 342 g/mol. The number of carbonyl (C=O) groups is 1. The fourth-order valence-corrected chi connectivity index (χ4v) is 4.41. The number of benzene rings is 1. The fraction of sp³-hybridized carbons (Fsp3) is 0.450. The van der Waals surface area contributed by atoms with Gasteiger partial charge in [-0.25, -0.2) is 0 Å². The molecule has 1 aliphatic rings. The van der Waals surface area contributed by atoms with Gasteiger partial charge >= 0.3 is 0 Å². The van der Waals surface area contributed by atoms with Crippen LogP contribution in [0.15, 0.2) is 35.7 Å². The lowest BCUT2D eigenvalue weighted by Gasteiger charge is -2.25. The Hall–Kier alpha value is -1.65. The lowest BCUT2D eigenvalue weighted by molar-refractivity contribution is -0.123. The third kappa shape index (κ3) is 4.05. The minimum Gasteiger partial charge on any atom is -0.348 e. The third-order valence-electron chi connectivity index (χ3n) is 4.69. The summed E-state index contributed by atoms with van der Waals surface area (Å²) in [7, 11) is 0. The average Bonchev–Trinajstić information content (AvgIpc) is 3.17. The Morgan fingerprint density at radius 2 is 2.08 bits per heavy atom. The van der Waals surface area contributed by atoms with Gasteiger partial charge < -0.3 is 5.32 Å². The molecule has 0 aliphatic carbocycles. The van der Waals surface area contributed by atoms with E-state index in [0.29, 0.717) is 12.6 Å². The molecule has 4 heteroatoms. The van der Waals surface area contributed by atoms with Gasteiger partial charge in [0.1, 0.15) is 0 Å². The smallest absolute Gasteiger partial charge is 0.234 e. The van der Waals surface area contributed by atoms with E-state index in [9.17, 15) is 4.79 Å². The van der Waals surface area contributed by atoms with Crippen LogP contribution >= 0.6 is 11.3 Å². The van der Waals surface area contributed by atoms with Crippen molar-refractivity contribution >= 4 is 17.2 Å². The number of hydrogen-bond acceptors (Lipinski definition) is 3. The molecule has 0 spiro atoms. The number of likely N-dealkylation sites (tertiary alicyclic amines) is 1. The molecule has 1 amide bonds. The van der Waals surface area contributed by atoms with Crippen molar-refractivity contribution in [2.45, 2.75) is 45.7 Å². The van der Waals surface area contributed by atoms with E-state index in [1.54, 1.807) is 11.3 Å². The molecule has 1 N–H and O–H groups in total. The molecule has 2 unspecified atom stereocenters. The number of hydrogen-bond donors (Lipinski definition) is 1. The van der Waals surface area contributed by atoms with Crippen molar-refractivity contribution in [3.8, 4) is 0 Å². The molecule has 0 saturated carbocycles. The van der Waals surface area contributed by atoms with Crippen molar-refractivity contribution in [2.24, 2.45) is 0 Å². The van der Waals surface area contributed by atoms with Crippen molar-refractivity contribution in [2.75, 3.05) is 13.1 Å². The summed E-state index contributed by atoms with van der Waals surface area (Å²) < 4.78 is 0. The summed E-state index contributed by atoms with van der Waals surface area (Å²) in [6.07, 6.45) is 2.29. The first-order valence-electron chi connectivity index (χ1n) is 8.68. The third-order valence-corrected chi connectivity index (χ3v) is 5.74. The van der Waals surface area contributed by atoms with Gasteiger partial charge in [-0.05, 0) is 57.2 Å². The highest BCUT2D eigenvalue weighted by Gasteiger charge is 2.28. The maximum absolute atomic E-state index is 12.5. The van der Waals surface area contributed by atoms with Crippen LogP contribution in [0.3, 0.4) is 0 Å². The number of rotatable bonds is 5. The first-order valence-corrected chi connectivity index (χ1v) is 9.56. The highest BCUT2D eigenvalue weighted by Crippen LogP contribution is 2.32. The molecule has 3 nitrogen and oxygen atoms in total. The summed E-state index contributed by atoms with van der Waals surface area (Å²) in [5, 5.41) is 5.18. The van der Waals surface area contributed by atoms with Crippen LogP contribution < -0.4 is 5.32 Å². The predicted molar refractivity (Wildman–Crippen MR) is 100 cm³/mol. The minimum atomic E-state index is 0.0831. The Morgan fingerprint density at radius 3 is 2.75 bits per heavy atom. The van der Waals surface area contributed by atoms with Crippen LogP contribution in [0, 0.1) is 13.8 Å². The zero-order chi connectivity index (χ0) is 17.1. The number of carbonyl (C=O) groups excluding carboxylic acids is 1. The Kier molecular flexibility index (Phi) is 5.36. The number of thiophene rings is 1. The van der Waals surface area contributed by atoms with Gasteiger partial charge in [-0.3, -0.25) is 9.69 Å². The molecule has 2 heterocycles. The van der Waals surface area contributed by atoms with E-state index < -0.39 is 0 Å². The molecule has 0 bridgehead atoms. The van der Waals surface area contributed by atoms with Gasteiger partial charge in [-0.2, -0.15) is 0 Å². The molecule has 3 rings (SSSR count). The van der Waals surface area contributed by atoms with Crippen molar-refractivity contribution in [1.29, 1.82) is 0 Å². The summed E-state index contributed by atoms with van der Waals surface area (Å²) in [5.41, 5.74) is 3.95. The summed E-state index contributed by atoms with van der Waals surface area (Å²) in [4.78, 5) is 16.0. The second-order valence-electron chi connectivity index (χ2n) is 6.85. The molecule has 128 valence electrons. The topological polar surface area (TPSA) is 32.3 Å². The molecule has 1 aromatic carbocycles. The second-order valence-corrected chi connectivity index (χ2v) is 7.83. The van der Waals surface area contributed by atoms with E-state index in [1.165, 1.54) is 21.6 Å². The van der Waals surface area contributed by atoms with Gasteiger partial charge in [0.2, 0.25) is 5.91 Å². The van der Waals surface area contributed by atoms with E-state index in [0.717, 1.165) is 19.4 Å². The fourth-order valence-electron chi connectivity index (χ4n) is 3.68. The molecule has 1 aromatic heterocycles. The standard InChI is InChI=1S/C20H26N2OS/c1-14-10-15(2)12-17(11-14)18-6-4-8-22(18)13-20(23)21-16(3)19-7-5-9-24-19/h5,7,9-12,16,18H,4,6,8,13H2,1-3H3,(H,21,23). The normalized spacial score (nSPS) is 19.4. The van der Waals surface area contributed by atoms with E-state index >= 15 is 0 Å². The van der Waals surface area contributed by atoms with E-state index in [-0.39, 0.29) is 11.9 Å². The van der Waals surface area contributed by atoms with Crippen molar-refractivity contribution in [1.82, 2.24) is 10.2 Å². The maximum atomic E-state index is 12.5. The molecule has 2 atom stereocenters. The number of nitrogens with zero attached hydrogens (tertiary/aromatic N) is 1. The first kappa shape index (κ1) is 17.2. The number of nitrogens with one attached hydrogen (secondary N) is 1. The Bertz CT molecular complexity index is 675. The van der Waals surface area contributed by atoms with Gasteiger partial charge in [-0.15, -0.1) is 11.3 Å². The van der Waals surface area contributed by atoms with E-state index in [2.05, 4.69) is 60.6 Å². The predicted octanol–water partition coefficient (Wildman–Crippen LogP) is 4.38. The Balaban J connectivity index is 1.64. The van der Waals surface area contributed by atoms with E-state index in [1.807, 2.05) is 6.07 Å². The summed E-state index contributed by atoms with van der Waals surface area (Å²) in [6.45, 7) is 7.82. The molecule has 1 fully saturated rings. The molecule has 1 aliphatic heterocycles. The highest BCUT2D eigenvalue weighted by atomic mass is 32.1. The largest absolute Gasteiger partial charge is 0.348 e. The molecule has 2 aromatic rings. The van der Waals surface area contributed by atoms with Crippen molar-refractivity contribution < 1.29 is 4.79 Å². The number of aryl methyl sites for hydroxylation is 2. The van der Waals surface area contributed by atoms with Gasteiger partial charge in [0.15, 0.2) is 0 Å². The Morgan fingerprint density at radius 1 is 1.33 bits per heavy atom. The van der Waals surface area contributed by atoms with Gasteiger partial charge in [0.05, 0.1) is 12.6 Å². The molecule has 1 saturated heterocycles. The summed E-state index contributed by atoms with van der Waals surface area (Å²) in [5.74, 6) is 0.118. The van der Waals surface area contributed by atoms with Crippen LogP contribution in [0.5, 0.6) is 0 Å². The molecular formula is C20H26N2OS. The van der Waals surface area contributed by atoms with E-state index in [4.69, 9.17) is 0 Å². The second kappa shape index (κ2) is 7.49. The molecular weight excluding hydrogens is 316 g/mol. The lowest BCUT2D eigenvalue weighted by atomic mass is 9.99. The van der Waals surface area contributed by atoms with Crippen LogP contribution in [-0.2, 0) is 4.79 Å². The Labute approximate surface area is 148 Å². The summed E-state index contributed by atoms with van der Waals surface area (Å²) >= 11 is 1.69. The maximum Gasteiger partial charge on any atom is 0.234 e. The zero-order valence-corrected chi connectivity index (χ0v) is 15.5. The van der Waals surface area contributed by atoms with Crippen LogP contribution in [0.2, 0.25) is 0 Å². The zero-order valence-electron chi connectivity index (χ0n) is 14.7. The van der Waals surface area contributed by atoms with Gasteiger partial charge in [0, 0.05) is 10.9 Å². The number of amides is 1. The van der Waals surface area contributed by atoms with Crippen molar-refractivity contribution in [3.05, 3.63) is 57.3 Å². The van der Waals surface area contributed by atoms with Crippen LogP contribution in [0.25, 0.3) is 0 Å². The van der Waals surface area contributed by atoms with Crippen molar-refractivity contribution in [3.63, 3.8) is 0 Å². The molecule has 0 radical (unpaired) electrons. The highest BCUT2D eigenvalue weighted by molar-refractivity contribution is 7.10. The minimum absolute atomic E-state index is 0.0831. The van der Waals surface area contributed by atoms with Gasteiger partial charge in [-0.1, -0.05) is 35.4 Å². The van der Waals surface area contributed by atoms with Crippen LogP contribution in [0.1, 0.15) is 53.4 Å².